The average Bonchev–Trinajstić information content (AvgIpc) is 2.47. The van der Waals surface area contributed by atoms with Crippen LogP contribution in [0.4, 0.5) is 0 Å². The van der Waals surface area contributed by atoms with E-state index in [0.717, 1.165) is 6.08 Å². The Morgan fingerprint density at radius 2 is 1.59 bits per heavy atom. The highest BCUT2D eigenvalue weighted by Gasteiger charge is 2.26. The van der Waals surface area contributed by atoms with Crippen molar-refractivity contribution in [3.63, 3.8) is 0 Å². The van der Waals surface area contributed by atoms with Crippen molar-refractivity contribution in [2.24, 2.45) is 0 Å². The Balaban J connectivity index is 4.12. The Labute approximate surface area is 129 Å². The van der Waals surface area contributed by atoms with E-state index in [1.807, 2.05) is 0 Å². The first-order valence-electron chi connectivity index (χ1n) is 6.50. The highest BCUT2D eigenvalue weighted by atomic mass is 31.2. The van der Waals surface area contributed by atoms with Crippen LogP contribution in [0, 0.1) is 0 Å². The third-order valence-electron chi connectivity index (χ3n) is 1.95. The zero-order valence-corrected chi connectivity index (χ0v) is 13.6. The van der Waals surface area contributed by atoms with Crippen LogP contribution in [0.1, 0.15) is 13.8 Å². The summed E-state index contributed by atoms with van der Waals surface area (Å²) in [5, 5.41) is 0. The number of hydrogen-bond acceptors (Lipinski definition) is 8. The lowest BCUT2D eigenvalue weighted by atomic mass is 10.4. The van der Waals surface area contributed by atoms with Crippen LogP contribution in [-0.4, -0.2) is 45.0 Å². The van der Waals surface area contributed by atoms with Gasteiger partial charge in [0.25, 0.3) is 0 Å². The molecule has 8 nitrogen and oxygen atoms in total. The Kier molecular flexibility index (Phi) is 10.4. The van der Waals surface area contributed by atoms with Crippen molar-refractivity contribution in [2.75, 3.05) is 33.0 Å². The lowest BCUT2D eigenvalue weighted by molar-refractivity contribution is -0.139. The first-order chi connectivity index (χ1) is 10.3. The maximum Gasteiger partial charge on any atom is 0.475 e. The molecule has 0 aliphatic rings. The smallest absolute Gasteiger partial charge is 0.460 e. The molecule has 0 spiro atoms. The number of esters is 2. The van der Waals surface area contributed by atoms with Gasteiger partial charge in [-0.05, 0) is 13.8 Å². The highest BCUT2D eigenvalue weighted by molar-refractivity contribution is 7.48. The molecule has 0 bridgehead atoms. The van der Waals surface area contributed by atoms with Crippen LogP contribution in [0.2, 0.25) is 0 Å². The van der Waals surface area contributed by atoms with Crippen LogP contribution < -0.4 is 0 Å². The number of ether oxygens (including phenoxy) is 2. The normalized spacial score (nSPS) is 13.0. The Morgan fingerprint density at radius 1 is 1.05 bits per heavy atom. The molecule has 0 N–H and O–H groups in total. The van der Waals surface area contributed by atoms with E-state index in [2.05, 4.69) is 17.9 Å². The van der Waals surface area contributed by atoms with Crippen molar-refractivity contribution in [1.82, 2.24) is 0 Å². The summed E-state index contributed by atoms with van der Waals surface area (Å²) in [5.74, 6) is -1.20. The molecule has 0 rings (SSSR count). The standard InChI is InChI=1S/C13H21O8P/c1-5-12(14)17-7-9-20-22(16,19-6-2)21-10-8-18-13(15)11(3)4/h5H,1,3,6-10H2,2,4H3. The lowest BCUT2D eigenvalue weighted by Gasteiger charge is -2.17. The van der Waals surface area contributed by atoms with E-state index in [1.165, 1.54) is 6.92 Å². The molecule has 0 aliphatic heterocycles. The molecular formula is C13H21O8P. The predicted molar refractivity (Wildman–Crippen MR) is 78.1 cm³/mol. The van der Waals surface area contributed by atoms with E-state index in [9.17, 15) is 14.2 Å². The molecular weight excluding hydrogens is 315 g/mol. The van der Waals surface area contributed by atoms with Gasteiger partial charge in [0.2, 0.25) is 0 Å². The van der Waals surface area contributed by atoms with Gasteiger partial charge in [-0.15, -0.1) is 0 Å². The summed E-state index contributed by atoms with van der Waals surface area (Å²) in [6, 6.07) is 0. The van der Waals surface area contributed by atoms with Gasteiger partial charge in [0.1, 0.15) is 13.2 Å². The molecule has 0 aromatic carbocycles. The summed E-state index contributed by atoms with van der Waals surface area (Å²) >= 11 is 0. The molecule has 0 aromatic rings. The van der Waals surface area contributed by atoms with Gasteiger partial charge in [-0.25, -0.2) is 14.2 Å². The van der Waals surface area contributed by atoms with Crippen LogP contribution in [0.25, 0.3) is 0 Å². The van der Waals surface area contributed by atoms with Crippen LogP contribution in [0.15, 0.2) is 24.8 Å². The molecule has 0 fully saturated rings. The van der Waals surface area contributed by atoms with E-state index in [4.69, 9.17) is 18.3 Å². The fraction of sp³-hybridized carbons (Fsp3) is 0.538. The third kappa shape index (κ3) is 9.46. The molecule has 0 heterocycles. The SMILES string of the molecule is C=CC(=O)OCCOP(=O)(OCC)OCCOC(=O)C(=C)C. The van der Waals surface area contributed by atoms with Gasteiger partial charge in [-0.3, -0.25) is 13.6 Å². The minimum absolute atomic E-state index is 0.0925. The molecule has 0 saturated carbocycles. The molecule has 1 unspecified atom stereocenters. The summed E-state index contributed by atoms with van der Waals surface area (Å²) in [4.78, 5) is 21.9. The van der Waals surface area contributed by atoms with Crippen molar-refractivity contribution in [3.8, 4) is 0 Å². The number of rotatable bonds is 12. The number of phosphoric ester groups is 1. The minimum Gasteiger partial charge on any atom is -0.460 e. The van der Waals surface area contributed by atoms with Crippen LogP contribution >= 0.6 is 7.82 Å². The van der Waals surface area contributed by atoms with E-state index in [-0.39, 0.29) is 38.6 Å². The minimum atomic E-state index is -3.80. The Bertz CT molecular complexity index is 445. The second kappa shape index (κ2) is 11.1. The van der Waals surface area contributed by atoms with Crippen LogP contribution in [0.3, 0.4) is 0 Å². The maximum atomic E-state index is 12.1. The first-order valence-corrected chi connectivity index (χ1v) is 7.96. The quantitative estimate of drug-likeness (QED) is 0.231. The summed E-state index contributed by atoms with van der Waals surface area (Å²) in [6.07, 6.45) is 0.995. The molecule has 0 amide bonds. The van der Waals surface area contributed by atoms with Gasteiger partial charge in [0, 0.05) is 11.6 Å². The number of hydrogen-bond donors (Lipinski definition) is 0. The van der Waals surface area contributed by atoms with Crippen molar-refractivity contribution in [2.45, 2.75) is 13.8 Å². The van der Waals surface area contributed by atoms with Gasteiger partial charge in [0.15, 0.2) is 0 Å². The van der Waals surface area contributed by atoms with Gasteiger partial charge in [-0.2, -0.15) is 0 Å². The van der Waals surface area contributed by atoms with Crippen molar-refractivity contribution in [3.05, 3.63) is 24.8 Å². The largest absolute Gasteiger partial charge is 0.475 e. The summed E-state index contributed by atoms with van der Waals surface area (Å²) < 4.78 is 36.4. The predicted octanol–water partition coefficient (Wildman–Crippen LogP) is 2.01. The molecule has 0 saturated heterocycles. The Hall–Kier alpha value is -1.47. The molecule has 0 aliphatic carbocycles. The van der Waals surface area contributed by atoms with E-state index < -0.39 is 19.8 Å². The summed E-state index contributed by atoms with van der Waals surface area (Å²) in [6.45, 7) is 9.23. The zero-order chi connectivity index (χ0) is 17.0. The highest BCUT2D eigenvalue weighted by Crippen LogP contribution is 2.49. The van der Waals surface area contributed by atoms with Crippen LogP contribution in [-0.2, 0) is 37.2 Å². The molecule has 0 aromatic heterocycles. The second-order valence-electron chi connectivity index (χ2n) is 3.82. The van der Waals surface area contributed by atoms with Gasteiger partial charge in [-0.1, -0.05) is 13.2 Å². The number of phosphoric acid groups is 1. The van der Waals surface area contributed by atoms with Crippen LogP contribution in [0.5, 0.6) is 0 Å². The second-order valence-corrected chi connectivity index (χ2v) is 5.49. The van der Waals surface area contributed by atoms with Gasteiger partial charge >= 0.3 is 19.8 Å². The number of carbonyl (C=O) groups is 2. The molecule has 9 heteroatoms. The average molecular weight is 336 g/mol. The fourth-order valence-electron chi connectivity index (χ4n) is 1.03. The molecule has 0 radical (unpaired) electrons. The van der Waals surface area contributed by atoms with Crippen molar-refractivity contribution in [1.29, 1.82) is 0 Å². The molecule has 126 valence electrons. The van der Waals surface area contributed by atoms with Gasteiger partial charge < -0.3 is 9.47 Å². The molecule has 22 heavy (non-hydrogen) atoms. The number of carbonyl (C=O) groups excluding carboxylic acids is 2. The molecule has 1 atom stereocenters. The first kappa shape index (κ1) is 20.5. The third-order valence-corrected chi connectivity index (χ3v) is 3.52. The van der Waals surface area contributed by atoms with Crippen molar-refractivity contribution >= 4 is 19.8 Å². The summed E-state index contributed by atoms with van der Waals surface area (Å²) in [7, 11) is -3.80. The van der Waals surface area contributed by atoms with E-state index in [1.54, 1.807) is 6.92 Å². The fourth-order valence-corrected chi connectivity index (χ4v) is 2.16. The van der Waals surface area contributed by atoms with E-state index in [0.29, 0.717) is 0 Å². The lowest BCUT2D eigenvalue weighted by Crippen LogP contribution is -2.13. The van der Waals surface area contributed by atoms with E-state index >= 15 is 0 Å². The monoisotopic (exact) mass is 336 g/mol. The summed E-state index contributed by atoms with van der Waals surface area (Å²) in [5.41, 5.74) is 0.244. The zero-order valence-electron chi connectivity index (χ0n) is 12.7. The topological polar surface area (TPSA) is 97.4 Å². The van der Waals surface area contributed by atoms with Crippen molar-refractivity contribution < 1.29 is 37.2 Å². The van der Waals surface area contributed by atoms with Gasteiger partial charge in [0.05, 0.1) is 19.8 Å². The Morgan fingerprint density at radius 3 is 2.05 bits per heavy atom. The maximum absolute atomic E-state index is 12.1.